The third kappa shape index (κ3) is 4.77. The van der Waals surface area contributed by atoms with E-state index >= 15 is 0 Å². The molecular formula is C7H8Cl3NO4. The van der Waals surface area contributed by atoms with E-state index in [0.717, 1.165) is 0 Å². The molecule has 1 rings (SSSR count). The second kappa shape index (κ2) is 5.09. The average Bonchev–Trinajstić information content (AvgIpc) is 2.47. The Morgan fingerprint density at radius 2 is 2.27 bits per heavy atom. The molecule has 1 N–H and O–H groups in total. The predicted octanol–water partition coefficient (Wildman–Crippen LogP) is 1.40. The molecule has 1 saturated heterocycles. The summed E-state index contributed by atoms with van der Waals surface area (Å²) in [6.07, 6.45) is -0.396. The Balaban J connectivity index is 2.27. The molecule has 1 aliphatic heterocycles. The Bertz CT molecular complexity index is 265. The van der Waals surface area contributed by atoms with Gasteiger partial charge in [0.1, 0.15) is 12.6 Å². The highest BCUT2D eigenvalue weighted by molar-refractivity contribution is 6.67. The molecule has 0 saturated carbocycles. The summed E-state index contributed by atoms with van der Waals surface area (Å²) in [6, 6.07) is -0.673. The van der Waals surface area contributed by atoms with E-state index in [1.54, 1.807) is 0 Å². The predicted molar refractivity (Wildman–Crippen MR) is 54.1 cm³/mol. The molecule has 1 fully saturated rings. The van der Waals surface area contributed by atoms with Gasteiger partial charge in [-0.25, -0.2) is 9.59 Å². The van der Waals surface area contributed by atoms with Crippen LogP contribution >= 0.6 is 34.8 Å². The van der Waals surface area contributed by atoms with Crippen LogP contribution in [0.5, 0.6) is 0 Å². The second-order valence-electron chi connectivity index (χ2n) is 2.84. The number of alkyl halides is 3. The van der Waals surface area contributed by atoms with Crippen LogP contribution in [-0.4, -0.2) is 35.1 Å². The zero-order valence-corrected chi connectivity index (χ0v) is 9.73. The van der Waals surface area contributed by atoms with Gasteiger partial charge in [0.05, 0.1) is 6.61 Å². The largest absolute Gasteiger partial charge is 0.464 e. The Hall–Kier alpha value is -0.390. The molecule has 1 aliphatic rings. The number of alkyl carbamates (subject to hydrolysis) is 1. The van der Waals surface area contributed by atoms with Gasteiger partial charge in [-0.3, -0.25) is 0 Å². The molecule has 0 unspecified atom stereocenters. The van der Waals surface area contributed by atoms with Crippen molar-refractivity contribution >= 4 is 46.9 Å². The maximum absolute atomic E-state index is 11.1. The number of carbonyl (C=O) groups is 2. The lowest BCUT2D eigenvalue weighted by atomic mass is 10.2. The fraction of sp³-hybridized carbons (Fsp3) is 0.714. The highest BCUT2D eigenvalue weighted by Gasteiger charge is 2.29. The van der Waals surface area contributed by atoms with Crippen LogP contribution in [0.2, 0.25) is 0 Å². The van der Waals surface area contributed by atoms with Crippen molar-refractivity contribution in [2.75, 3.05) is 13.2 Å². The molecule has 1 atom stereocenters. The molecule has 5 nitrogen and oxygen atoms in total. The van der Waals surface area contributed by atoms with Gasteiger partial charge in [0.15, 0.2) is 0 Å². The van der Waals surface area contributed by atoms with E-state index in [1.165, 1.54) is 0 Å². The molecule has 15 heavy (non-hydrogen) atoms. The zero-order valence-electron chi connectivity index (χ0n) is 7.47. The lowest BCUT2D eigenvalue weighted by Crippen LogP contribution is -2.39. The number of cyclic esters (lactones) is 1. The van der Waals surface area contributed by atoms with Crippen LogP contribution in [-0.2, 0) is 14.3 Å². The molecule has 0 radical (unpaired) electrons. The minimum absolute atomic E-state index is 0.286. The number of rotatable bonds is 2. The van der Waals surface area contributed by atoms with Gasteiger partial charge < -0.3 is 14.8 Å². The topological polar surface area (TPSA) is 64.6 Å². The summed E-state index contributed by atoms with van der Waals surface area (Å²) >= 11 is 16.1. The summed E-state index contributed by atoms with van der Waals surface area (Å²) in [4.78, 5) is 22.0. The highest BCUT2D eigenvalue weighted by atomic mass is 35.6. The Morgan fingerprint density at radius 1 is 1.60 bits per heavy atom. The van der Waals surface area contributed by atoms with Crippen molar-refractivity contribution in [3.8, 4) is 0 Å². The number of hydrogen-bond acceptors (Lipinski definition) is 4. The maximum Gasteiger partial charge on any atom is 0.407 e. The molecule has 0 aliphatic carbocycles. The first-order valence-electron chi connectivity index (χ1n) is 4.05. The Labute approximate surface area is 101 Å². The monoisotopic (exact) mass is 275 g/mol. The van der Waals surface area contributed by atoms with Crippen molar-refractivity contribution < 1.29 is 19.1 Å². The van der Waals surface area contributed by atoms with E-state index in [0.29, 0.717) is 6.42 Å². The fourth-order valence-corrected chi connectivity index (χ4v) is 1.12. The molecule has 86 valence electrons. The molecule has 0 aromatic heterocycles. The SMILES string of the molecule is O=C(N[C@H]1CCOC1=O)OCC(Cl)(Cl)Cl. The molecule has 1 amide bonds. The van der Waals surface area contributed by atoms with Gasteiger partial charge >= 0.3 is 12.1 Å². The van der Waals surface area contributed by atoms with Crippen LogP contribution in [0, 0.1) is 0 Å². The van der Waals surface area contributed by atoms with Crippen LogP contribution < -0.4 is 5.32 Å². The Kier molecular flexibility index (Phi) is 4.31. The third-order valence-electron chi connectivity index (χ3n) is 1.59. The second-order valence-corrected chi connectivity index (χ2v) is 5.36. The third-order valence-corrected chi connectivity index (χ3v) is 1.92. The number of amides is 1. The summed E-state index contributed by atoms with van der Waals surface area (Å²) in [5.74, 6) is -0.485. The lowest BCUT2D eigenvalue weighted by molar-refractivity contribution is -0.139. The van der Waals surface area contributed by atoms with Crippen molar-refractivity contribution in [1.29, 1.82) is 0 Å². The smallest absolute Gasteiger partial charge is 0.407 e. The molecule has 1 heterocycles. The quantitative estimate of drug-likeness (QED) is 0.611. The van der Waals surface area contributed by atoms with Gasteiger partial charge in [0, 0.05) is 6.42 Å². The van der Waals surface area contributed by atoms with E-state index in [1.807, 2.05) is 0 Å². The molecule has 0 aromatic carbocycles. The number of esters is 1. The van der Waals surface area contributed by atoms with Gasteiger partial charge in [-0.15, -0.1) is 0 Å². The first-order chi connectivity index (χ1) is 6.88. The first kappa shape index (κ1) is 12.7. The van der Waals surface area contributed by atoms with Crippen LogP contribution in [0.25, 0.3) is 0 Å². The fourth-order valence-electron chi connectivity index (χ4n) is 0.958. The zero-order chi connectivity index (χ0) is 11.5. The summed E-state index contributed by atoms with van der Waals surface area (Å²) in [6.45, 7) is -0.0977. The number of ether oxygens (including phenoxy) is 2. The van der Waals surface area contributed by atoms with Gasteiger partial charge in [-0.05, 0) is 0 Å². The number of nitrogens with one attached hydrogen (secondary N) is 1. The van der Waals surface area contributed by atoms with Crippen molar-refractivity contribution in [3.05, 3.63) is 0 Å². The van der Waals surface area contributed by atoms with E-state index in [9.17, 15) is 9.59 Å². The number of hydrogen-bond donors (Lipinski definition) is 1. The normalized spacial score (nSPS) is 21.0. The van der Waals surface area contributed by atoms with E-state index in [-0.39, 0.29) is 13.2 Å². The highest BCUT2D eigenvalue weighted by Crippen LogP contribution is 2.25. The minimum Gasteiger partial charge on any atom is -0.464 e. The average molecular weight is 277 g/mol. The van der Waals surface area contributed by atoms with Crippen LogP contribution in [0.1, 0.15) is 6.42 Å². The molecule has 8 heteroatoms. The minimum atomic E-state index is -1.66. The van der Waals surface area contributed by atoms with Crippen LogP contribution in [0.4, 0.5) is 4.79 Å². The van der Waals surface area contributed by atoms with Crippen molar-refractivity contribution in [3.63, 3.8) is 0 Å². The summed E-state index contributed by atoms with van der Waals surface area (Å²) < 4.78 is 7.53. The van der Waals surface area contributed by atoms with Gasteiger partial charge in [0.2, 0.25) is 3.79 Å². The Morgan fingerprint density at radius 3 is 2.73 bits per heavy atom. The van der Waals surface area contributed by atoms with Gasteiger partial charge in [-0.1, -0.05) is 34.8 Å². The molecule has 0 aromatic rings. The molecular weight excluding hydrogens is 268 g/mol. The van der Waals surface area contributed by atoms with Crippen LogP contribution in [0.15, 0.2) is 0 Å². The van der Waals surface area contributed by atoms with E-state index in [2.05, 4.69) is 14.8 Å². The summed E-state index contributed by atoms with van der Waals surface area (Å²) in [7, 11) is 0. The van der Waals surface area contributed by atoms with Crippen molar-refractivity contribution in [2.45, 2.75) is 16.3 Å². The lowest BCUT2D eigenvalue weighted by Gasteiger charge is -2.13. The van der Waals surface area contributed by atoms with Crippen molar-refractivity contribution in [1.82, 2.24) is 5.32 Å². The summed E-state index contributed by atoms with van der Waals surface area (Å²) in [5, 5.41) is 2.29. The maximum atomic E-state index is 11.1. The molecule has 0 spiro atoms. The van der Waals surface area contributed by atoms with E-state index < -0.39 is 21.9 Å². The molecule has 0 bridgehead atoms. The number of halogens is 3. The standard InChI is InChI=1S/C7H8Cl3NO4/c8-7(9,10)3-15-6(13)11-4-1-2-14-5(4)12/h4H,1-3H2,(H,11,13)/t4-/m0/s1. The van der Waals surface area contributed by atoms with Gasteiger partial charge in [-0.2, -0.15) is 0 Å². The van der Waals surface area contributed by atoms with Gasteiger partial charge in [0.25, 0.3) is 0 Å². The van der Waals surface area contributed by atoms with E-state index in [4.69, 9.17) is 34.8 Å². The number of carbonyl (C=O) groups excluding carboxylic acids is 2. The van der Waals surface area contributed by atoms with Crippen LogP contribution in [0.3, 0.4) is 0 Å². The summed E-state index contributed by atoms with van der Waals surface area (Å²) in [5.41, 5.74) is 0. The van der Waals surface area contributed by atoms with Crippen molar-refractivity contribution in [2.24, 2.45) is 0 Å². The first-order valence-corrected chi connectivity index (χ1v) is 5.18.